The lowest BCUT2D eigenvalue weighted by Gasteiger charge is -2.50. The number of carbonyl (C=O) groups is 1. The molecule has 2 bridgehead atoms. The Morgan fingerprint density at radius 1 is 1.27 bits per heavy atom. The van der Waals surface area contributed by atoms with Crippen LogP contribution in [0, 0.1) is 17.3 Å². The van der Waals surface area contributed by atoms with Crippen molar-refractivity contribution in [3.63, 3.8) is 0 Å². The molecule has 4 aliphatic rings. The van der Waals surface area contributed by atoms with Gasteiger partial charge in [0.2, 0.25) is 0 Å². The Morgan fingerprint density at radius 3 is 2.20 bits per heavy atom. The molecule has 15 heavy (non-hydrogen) atoms. The maximum Gasteiger partial charge on any atom is 0.307 e. The van der Waals surface area contributed by atoms with E-state index in [9.17, 15) is 4.79 Å². The molecule has 1 N–H and O–H groups in total. The number of ether oxygens (including phenoxy) is 3. The van der Waals surface area contributed by atoms with Gasteiger partial charge in [-0.3, -0.25) is 4.79 Å². The van der Waals surface area contributed by atoms with Crippen LogP contribution in [0.4, 0.5) is 0 Å². The maximum absolute atomic E-state index is 10.8. The number of fused-ring (bicyclic) bond motifs is 3. The molecule has 2 unspecified atom stereocenters. The molecule has 5 heteroatoms. The lowest BCUT2D eigenvalue weighted by Crippen LogP contribution is -2.60. The predicted octanol–water partition coefficient (Wildman–Crippen LogP) is 0.444. The zero-order chi connectivity index (χ0) is 10.7. The summed E-state index contributed by atoms with van der Waals surface area (Å²) in [5.41, 5.74) is -0.0602. The number of aliphatic carboxylic acids is 1. The van der Waals surface area contributed by atoms with Crippen LogP contribution < -0.4 is 0 Å². The molecule has 0 aromatic carbocycles. The summed E-state index contributed by atoms with van der Waals surface area (Å²) in [4.78, 5) is 10.8. The topological polar surface area (TPSA) is 65.0 Å². The van der Waals surface area contributed by atoms with Crippen LogP contribution in [0.5, 0.6) is 0 Å². The fraction of sp³-hybridized carbons (Fsp3) is 0.900. The molecule has 1 saturated carbocycles. The number of carboxylic acids is 1. The molecular formula is C10H14O5. The molecule has 0 aromatic heterocycles. The standard InChI is InChI=1S/C10H14O5/c1-9-3-13-10(14-4-9,15-5-9)7-2-6(7)8(11)12/h6-7H,2-5H2,1H3,(H,11,12). The van der Waals surface area contributed by atoms with Crippen molar-refractivity contribution in [2.75, 3.05) is 19.8 Å². The number of hydrogen-bond donors (Lipinski definition) is 1. The van der Waals surface area contributed by atoms with Crippen molar-refractivity contribution < 1.29 is 24.1 Å². The zero-order valence-electron chi connectivity index (χ0n) is 8.56. The highest BCUT2D eigenvalue weighted by Crippen LogP contribution is 2.54. The van der Waals surface area contributed by atoms with E-state index < -0.39 is 11.9 Å². The largest absolute Gasteiger partial charge is 0.481 e. The predicted molar refractivity (Wildman–Crippen MR) is 47.9 cm³/mol. The van der Waals surface area contributed by atoms with Crippen LogP contribution in [0.25, 0.3) is 0 Å². The van der Waals surface area contributed by atoms with Crippen molar-refractivity contribution in [3.05, 3.63) is 0 Å². The van der Waals surface area contributed by atoms with Crippen LogP contribution in [0.3, 0.4) is 0 Å². The summed E-state index contributed by atoms with van der Waals surface area (Å²) in [6.07, 6.45) is 0.589. The van der Waals surface area contributed by atoms with E-state index in [-0.39, 0.29) is 17.3 Å². The van der Waals surface area contributed by atoms with Crippen molar-refractivity contribution in [2.24, 2.45) is 17.3 Å². The van der Waals surface area contributed by atoms with Crippen molar-refractivity contribution in [1.29, 1.82) is 0 Å². The van der Waals surface area contributed by atoms with Gasteiger partial charge in [0.05, 0.1) is 31.7 Å². The van der Waals surface area contributed by atoms with Gasteiger partial charge in [-0.25, -0.2) is 0 Å². The second kappa shape index (κ2) is 2.72. The quantitative estimate of drug-likeness (QED) is 0.722. The highest BCUT2D eigenvalue weighted by atomic mass is 16.9. The Kier molecular flexibility index (Phi) is 1.74. The summed E-state index contributed by atoms with van der Waals surface area (Å²) in [5, 5.41) is 8.86. The van der Waals surface area contributed by atoms with Crippen LogP contribution in [0.2, 0.25) is 0 Å². The first-order valence-electron chi connectivity index (χ1n) is 5.19. The summed E-state index contributed by atoms with van der Waals surface area (Å²) < 4.78 is 16.7. The van der Waals surface area contributed by atoms with E-state index in [0.29, 0.717) is 26.2 Å². The summed E-state index contributed by atoms with van der Waals surface area (Å²) in [6, 6.07) is 0. The average Bonchev–Trinajstić information content (AvgIpc) is 2.99. The van der Waals surface area contributed by atoms with E-state index in [1.165, 1.54) is 0 Å². The molecule has 4 fully saturated rings. The van der Waals surface area contributed by atoms with Crippen LogP contribution >= 0.6 is 0 Å². The second-order valence-electron chi connectivity index (χ2n) is 5.07. The molecule has 3 saturated heterocycles. The van der Waals surface area contributed by atoms with Gasteiger partial charge in [-0.2, -0.15) is 0 Å². The molecule has 3 heterocycles. The van der Waals surface area contributed by atoms with Gasteiger partial charge in [0.25, 0.3) is 5.97 Å². The molecule has 2 atom stereocenters. The third kappa shape index (κ3) is 1.30. The lowest BCUT2D eigenvalue weighted by atomic mass is 9.91. The smallest absolute Gasteiger partial charge is 0.307 e. The molecule has 0 spiro atoms. The van der Waals surface area contributed by atoms with E-state index in [0.717, 1.165) is 0 Å². The third-order valence-corrected chi connectivity index (χ3v) is 3.43. The minimum atomic E-state index is -1.05. The summed E-state index contributed by atoms with van der Waals surface area (Å²) in [5.74, 6) is -2.35. The molecule has 0 radical (unpaired) electrons. The monoisotopic (exact) mass is 214 g/mol. The summed E-state index contributed by atoms with van der Waals surface area (Å²) >= 11 is 0. The van der Waals surface area contributed by atoms with Crippen LogP contribution in [0.15, 0.2) is 0 Å². The van der Waals surface area contributed by atoms with Gasteiger partial charge in [-0.05, 0) is 6.42 Å². The highest BCUT2D eigenvalue weighted by Gasteiger charge is 2.64. The minimum absolute atomic E-state index is 0.0602. The van der Waals surface area contributed by atoms with E-state index >= 15 is 0 Å². The Balaban J connectivity index is 1.75. The third-order valence-electron chi connectivity index (χ3n) is 3.43. The molecule has 0 amide bonds. The van der Waals surface area contributed by atoms with Crippen LogP contribution in [-0.4, -0.2) is 36.9 Å². The lowest BCUT2D eigenvalue weighted by molar-refractivity contribution is -0.475. The van der Waals surface area contributed by atoms with Gasteiger partial charge in [0.1, 0.15) is 0 Å². The van der Waals surface area contributed by atoms with Gasteiger partial charge in [-0.1, -0.05) is 6.92 Å². The van der Waals surface area contributed by atoms with Gasteiger partial charge in [-0.15, -0.1) is 0 Å². The fourth-order valence-corrected chi connectivity index (χ4v) is 2.25. The first-order chi connectivity index (χ1) is 7.05. The van der Waals surface area contributed by atoms with Crippen molar-refractivity contribution >= 4 is 5.97 Å². The summed E-state index contributed by atoms with van der Waals surface area (Å²) in [7, 11) is 0. The Hall–Kier alpha value is -0.650. The second-order valence-corrected chi connectivity index (χ2v) is 5.07. The van der Waals surface area contributed by atoms with Gasteiger partial charge in [0, 0.05) is 5.41 Å². The maximum atomic E-state index is 10.8. The van der Waals surface area contributed by atoms with Gasteiger partial charge >= 0.3 is 5.97 Å². The van der Waals surface area contributed by atoms with Crippen molar-refractivity contribution in [3.8, 4) is 0 Å². The molecular weight excluding hydrogens is 200 g/mol. The minimum Gasteiger partial charge on any atom is -0.481 e. The Bertz CT molecular complexity index is 288. The molecule has 0 aromatic rings. The fourth-order valence-electron chi connectivity index (χ4n) is 2.25. The number of carboxylic acid groups (broad SMARTS) is 1. The van der Waals surface area contributed by atoms with E-state index in [2.05, 4.69) is 0 Å². The molecule has 3 aliphatic heterocycles. The Morgan fingerprint density at radius 2 is 1.80 bits per heavy atom. The summed E-state index contributed by atoms with van der Waals surface area (Å²) in [6.45, 7) is 3.82. The average molecular weight is 214 g/mol. The van der Waals surface area contributed by atoms with Gasteiger partial charge in [0.15, 0.2) is 0 Å². The van der Waals surface area contributed by atoms with Gasteiger partial charge < -0.3 is 19.3 Å². The highest BCUT2D eigenvalue weighted by molar-refractivity contribution is 5.73. The molecule has 4 rings (SSSR count). The Labute approximate surface area is 87.3 Å². The molecule has 84 valence electrons. The molecule has 5 nitrogen and oxygen atoms in total. The SMILES string of the molecule is CC12COC(C3CC3C(=O)O)(OC1)OC2. The zero-order valence-corrected chi connectivity index (χ0v) is 8.56. The van der Waals surface area contributed by atoms with Crippen LogP contribution in [-0.2, 0) is 19.0 Å². The van der Waals surface area contributed by atoms with E-state index in [4.69, 9.17) is 19.3 Å². The molecule has 1 aliphatic carbocycles. The first-order valence-corrected chi connectivity index (χ1v) is 5.19. The van der Waals surface area contributed by atoms with Crippen LogP contribution in [0.1, 0.15) is 13.3 Å². The number of hydrogen-bond acceptors (Lipinski definition) is 4. The van der Waals surface area contributed by atoms with Crippen molar-refractivity contribution in [2.45, 2.75) is 19.3 Å². The van der Waals surface area contributed by atoms with E-state index in [1.54, 1.807) is 0 Å². The normalized spacial score (nSPS) is 52.9. The van der Waals surface area contributed by atoms with E-state index in [1.807, 2.05) is 6.92 Å². The van der Waals surface area contributed by atoms with Crippen molar-refractivity contribution in [1.82, 2.24) is 0 Å². The first kappa shape index (κ1) is 9.57. The number of rotatable bonds is 2.